The summed E-state index contributed by atoms with van der Waals surface area (Å²) in [5.41, 5.74) is 0.615. The van der Waals surface area contributed by atoms with Crippen LogP contribution in [-0.4, -0.2) is 0 Å². The number of hydrogen-bond acceptors (Lipinski definition) is 1. The van der Waals surface area contributed by atoms with E-state index in [9.17, 15) is 4.39 Å². The molecule has 2 heteroatoms. The Balaban J connectivity index is 2.22. The molecule has 0 heterocycles. The van der Waals surface area contributed by atoms with E-state index in [0.717, 1.165) is 0 Å². The molecule has 0 N–H and O–H groups in total. The smallest absolute Gasteiger partial charge is 0.130 e. The van der Waals surface area contributed by atoms with E-state index in [2.05, 4.69) is 6.07 Å². The summed E-state index contributed by atoms with van der Waals surface area (Å²) >= 11 is 0. The Labute approximate surface area is 88.1 Å². The Kier molecular flexibility index (Phi) is 2.68. The Morgan fingerprint density at radius 1 is 1.07 bits per heavy atom. The lowest BCUT2D eigenvalue weighted by Gasteiger charge is -2.05. The van der Waals surface area contributed by atoms with Crippen molar-refractivity contribution in [1.29, 1.82) is 0 Å². The highest BCUT2D eigenvalue weighted by molar-refractivity contribution is 5.33. The van der Waals surface area contributed by atoms with Crippen molar-refractivity contribution in [2.24, 2.45) is 0 Å². The van der Waals surface area contributed by atoms with Gasteiger partial charge in [-0.2, -0.15) is 0 Å². The number of aryl methyl sites for hydroxylation is 1. The van der Waals surface area contributed by atoms with Gasteiger partial charge >= 0.3 is 0 Å². The van der Waals surface area contributed by atoms with Crippen molar-refractivity contribution in [3.8, 4) is 11.5 Å². The summed E-state index contributed by atoms with van der Waals surface area (Å²) in [6.45, 7) is 1.72. The van der Waals surface area contributed by atoms with Crippen LogP contribution >= 0.6 is 0 Å². The zero-order valence-corrected chi connectivity index (χ0v) is 8.33. The topological polar surface area (TPSA) is 9.23 Å². The summed E-state index contributed by atoms with van der Waals surface area (Å²) in [6.07, 6.45) is 0. The van der Waals surface area contributed by atoms with E-state index in [0.29, 0.717) is 17.1 Å². The van der Waals surface area contributed by atoms with Crippen molar-refractivity contribution >= 4 is 0 Å². The Bertz CT molecular complexity index is 451. The second kappa shape index (κ2) is 4.13. The van der Waals surface area contributed by atoms with Crippen molar-refractivity contribution < 1.29 is 9.13 Å². The molecule has 0 unspecified atom stereocenters. The van der Waals surface area contributed by atoms with Gasteiger partial charge in [-0.25, -0.2) is 4.39 Å². The van der Waals surface area contributed by atoms with Crippen LogP contribution in [-0.2, 0) is 0 Å². The fourth-order valence-electron chi connectivity index (χ4n) is 1.21. The Morgan fingerprint density at radius 2 is 1.80 bits per heavy atom. The molecule has 0 bridgehead atoms. The van der Waals surface area contributed by atoms with E-state index in [1.54, 1.807) is 43.3 Å². The second-order valence-electron chi connectivity index (χ2n) is 3.25. The van der Waals surface area contributed by atoms with Gasteiger partial charge < -0.3 is 4.74 Å². The number of benzene rings is 2. The summed E-state index contributed by atoms with van der Waals surface area (Å²) in [4.78, 5) is 0. The van der Waals surface area contributed by atoms with Crippen molar-refractivity contribution in [2.75, 3.05) is 0 Å². The van der Waals surface area contributed by atoms with E-state index >= 15 is 0 Å². The lowest BCUT2D eigenvalue weighted by Crippen LogP contribution is -1.86. The first-order chi connectivity index (χ1) is 7.25. The summed E-state index contributed by atoms with van der Waals surface area (Å²) in [5, 5.41) is 0. The van der Waals surface area contributed by atoms with Crippen molar-refractivity contribution in [2.45, 2.75) is 6.92 Å². The van der Waals surface area contributed by atoms with Crippen molar-refractivity contribution in [1.82, 2.24) is 0 Å². The predicted octanol–water partition coefficient (Wildman–Crippen LogP) is 3.73. The molecule has 0 atom stereocenters. The first-order valence-corrected chi connectivity index (χ1v) is 4.66. The third-order valence-corrected chi connectivity index (χ3v) is 2.07. The lowest BCUT2D eigenvalue weighted by molar-refractivity contribution is 0.476. The predicted molar refractivity (Wildman–Crippen MR) is 56.5 cm³/mol. The van der Waals surface area contributed by atoms with Crippen LogP contribution < -0.4 is 4.74 Å². The molecule has 0 aliphatic carbocycles. The highest BCUT2D eigenvalue weighted by atomic mass is 19.1. The Morgan fingerprint density at radius 3 is 2.47 bits per heavy atom. The van der Waals surface area contributed by atoms with E-state index in [1.807, 2.05) is 0 Å². The average molecular weight is 201 g/mol. The van der Waals surface area contributed by atoms with Gasteiger partial charge in [-0.15, -0.1) is 0 Å². The molecule has 1 nitrogen and oxygen atoms in total. The maximum absolute atomic E-state index is 13.2. The van der Waals surface area contributed by atoms with Crippen LogP contribution in [0.25, 0.3) is 0 Å². The zero-order valence-electron chi connectivity index (χ0n) is 8.33. The highest BCUT2D eigenvalue weighted by Gasteiger charge is 2.00. The first kappa shape index (κ1) is 9.71. The quantitative estimate of drug-likeness (QED) is 0.719. The van der Waals surface area contributed by atoms with Crippen molar-refractivity contribution in [3.05, 3.63) is 59.9 Å². The number of hydrogen-bond donors (Lipinski definition) is 0. The van der Waals surface area contributed by atoms with Crippen LogP contribution in [0.5, 0.6) is 11.5 Å². The minimum Gasteiger partial charge on any atom is -0.457 e. The minimum atomic E-state index is -0.255. The molecule has 0 saturated carbocycles. The van der Waals surface area contributed by atoms with Crippen LogP contribution in [0.1, 0.15) is 5.56 Å². The molecular weight excluding hydrogens is 191 g/mol. The van der Waals surface area contributed by atoms with E-state index in [-0.39, 0.29) is 5.82 Å². The second-order valence-corrected chi connectivity index (χ2v) is 3.25. The molecule has 0 fully saturated rings. The molecule has 75 valence electrons. The lowest BCUT2D eigenvalue weighted by atomic mass is 10.2. The SMILES string of the molecule is Cc1ccc(Oc2cc[c]cc2)cc1F. The molecule has 0 spiro atoms. The van der Waals surface area contributed by atoms with Gasteiger partial charge in [-0.1, -0.05) is 18.2 Å². The molecule has 0 aromatic heterocycles. The van der Waals surface area contributed by atoms with Crippen LogP contribution in [0.3, 0.4) is 0 Å². The minimum absolute atomic E-state index is 0.255. The summed E-state index contributed by atoms with van der Waals surface area (Å²) in [6, 6.07) is 14.8. The fraction of sp³-hybridized carbons (Fsp3) is 0.0769. The molecule has 0 aliphatic rings. The van der Waals surface area contributed by atoms with Gasteiger partial charge in [0.05, 0.1) is 0 Å². The fourth-order valence-corrected chi connectivity index (χ4v) is 1.21. The average Bonchev–Trinajstić information content (AvgIpc) is 2.25. The van der Waals surface area contributed by atoms with Crippen LogP contribution in [0.2, 0.25) is 0 Å². The van der Waals surface area contributed by atoms with Crippen LogP contribution in [0.15, 0.2) is 42.5 Å². The third-order valence-electron chi connectivity index (χ3n) is 2.07. The van der Waals surface area contributed by atoms with Crippen LogP contribution in [0.4, 0.5) is 4.39 Å². The van der Waals surface area contributed by atoms with Gasteiger partial charge in [0.1, 0.15) is 17.3 Å². The van der Waals surface area contributed by atoms with Crippen molar-refractivity contribution in [3.63, 3.8) is 0 Å². The highest BCUT2D eigenvalue weighted by Crippen LogP contribution is 2.22. The monoisotopic (exact) mass is 201 g/mol. The van der Waals surface area contributed by atoms with Gasteiger partial charge in [0.2, 0.25) is 0 Å². The molecule has 2 rings (SSSR count). The largest absolute Gasteiger partial charge is 0.457 e. The normalized spacial score (nSPS) is 10.0. The standard InChI is InChI=1S/C13H10FO/c1-10-7-8-12(9-13(10)14)15-11-5-3-2-4-6-11/h3-9H,1H3. The maximum atomic E-state index is 13.2. The van der Waals surface area contributed by atoms with Gasteiger partial charge in [0.25, 0.3) is 0 Å². The number of rotatable bonds is 2. The molecule has 2 aromatic carbocycles. The van der Waals surface area contributed by atoms with E-state index in [4.69, 9.17) is 4.74 Å². The number of halogens is 1. The summed E-state index contributed by atoms with van der Waals surface area (Å²) in [5.74, 6) is 0.927. The van der Waals surface area contributed by atoms with Gasteiger partial charge in [-0.3, -0.25) is 0 Å². The molecular formula is C13H10FO. The van der Waals surface area contributed by atoms with Crippen LogP contribution in [0, 0.1) is 18.8 Å². The summed E-state index contributed by atoms with van der Waals surface area (Å²) < 4.78 is 18.6. The molecule has 2 aromatic rings. The molecule has 15 heavy (non-hydrogen) atoms. The maximum Gasteiger partial charge on any atom is 0.130 e. The van der Waals surface area contributed by atoms with Gasteiger partial charge in [0.15, 0.2) is 0 Å². The molecule has 0 aliphatic heterocycles. The molecule has 1 radical (unpaired) electrons. The molecule has 0 amide bonds. The van der Waals surface area contributed by atoms with E-state index < -0.39 is 0 Å². The van der Waals surface area contributed by atoms with Gasteiger partial charge in [0, 0.05) is 6.07 Å². The molecule has 0 saturated heterocycles. The van der Waals surface area contributed by atoms with Gasteiger partial charge in [-0.05, 0) is 36.8 Å². The number of ether oxygens (including phenoxy) is 1. The summed E-state index contributed by atoms with van der Waals surface area (Å²) in [7, 11) is 0. The third kappa shape index (κ3) is 2.34. The Hall–Kier alpha value is -1.83. The first-order valence-electron chi connectivity index (χ1n) is 4.66. The van der Waals surface area contributed by atoms with E-state index in [1.165, 1.54) is 6.07 Å². The zero-order chi connectivity index (χ0) is 10.7.